The van der Waals surface area contributed by atoms with Crippen molar-refractivity contribution in [1.29, 1.82) is 0 Å². The van der Waals surface area contributed by atoms with Gasteiger partial charge in [-0.25, -0.2) is 0 Å². The summed E-state index contributed by atoms with van der Waals surface area (Å²) in [6.07, 6.45) is -4.37. The first-order valence-electron chi connectivity index (χ1n) is 5.10. The molecule has 0 heterocycles. The lowest BCUT2D eigenvalue weighted by Gasteiger charge is -2.10. The van der Waals surface area contributed by atoms with Crippen LogP contribution < -0.4 is 0 Å². The summed E-state index contributed by atoms with van der Waals surface area (Å²) >= 11 is 13.5. The fraction of sp³-hybridized carbons (Fsp3) is 0.0769. The van der Waals surface area contributed by atoms with Gasteiger partial charge in [0.15, 0.2) is 0 Å². The second-order valence-electron chi connectivity index (χ2n) is 3.86. The van der Waals surface area contributed by atoms with Crippen LogP contribution in [0.3, 0.4) is 0 Å². The molecule has 2 aromatic carbocycles. The third-order valence-electron chi connectivity index (χ3n) is 2.48. The van der Waals surface area contributed by atoms with E-state index in [4.69, 9.17) is 23.2 Å². The maximum absolute atomic E-state index is 12.8. The summed E-state index contributed by atoms with van der Waals surface area (Å²) in [4.78, 5) is 0. The molecule has 0 fully saturated rings. The number of alkyl halides is 3. The van der Waals surface area contributed by atoms with Gasteiger partial charge in [0.25, 0.3) is 0 Å². The summed E-state index contributed by atoms with van der Waals surface area (Å²) in [5.41, 5.74) is 0.372. The van der Waals surface area contributed by atoms with E-state index in [1.54, 1.807) is 24.3 Å². The van der Waals surface area contributed by atoms with E-state index in [1.807, 2.05) is 22.6 Å². The molecular formula is C13H6Cl2F3I. The molecule has 0 aliphatic heterocycles. The van der Waals surface area contributed by atoms with Crippen molar-refractivity contribution in [3.8, 4) is 11.1 Å². The van der Waals surface area contributed by atoms with Crippen molar-refractivity contribution in [3.63, 3.8) is 0 Å². The van der Waals surface area contributed by atoms with E-state index in [0.29, 0.717) is 24.7 Å². The van der Waals surface area contributed by atoms with Gasteiger partial charge >= 0.3 is 6.18 Å². The van der Waals surface area contributed by atoms with Gasteiger partial charge < -0.3 is 0 Å². The van der Waals surface area contributed by atoms with Crippen LogP contribution in [-0.2, 0) is 6.18 Å². The highest BCUT2D eigenvalue weighted by Crippen LogP contribution is 2.35. The molecule has 0 aromatic heterocycles. The lowest BCUT2D eigenvalue weighted by molar-refractivity contribution is -0.137. The van der Waals surface area contributed by atoms with Gasteiger partial charge in [-0.15, -0.1) is 0 Å². The van der Waals surface area contributed by atoms with Crippen molar-refractivity contribution in [2.45, 2.75) is 6.18 Å². The Bertz CT molecular complexity index is 624. The van der Waals surface area contributed by atoms with Crippen LogP contribution in [0.5, 0.6) is 0 Å². The van der Waals surface area contributed by atoms with Crippen LogP contribution in [0, 0.1) is 3.57 Å². The molecule has 0 atom stereocenters. The molecule has 0 aliphatic rings. The molecule has 19 heavy (non-hydrogen) atoms. The Kier molecular flexibility index (Phi) is 4.32. The first-order valence-corrected chi connectivity index (χ1v) is 6.94. The van der Waals surface area contributed by atoms with Crippen LogP contribution in [0.4, 0.5) is 13.2 Å². The van der Waals surface area contributed by atoms with Gasteiger partial charge in [0.05, 0.1) is 15.6 Å². The van der Waals surface area contributed by atoms with Crippen molar-refractivity contribution >= 4 is 45.8 Å². The lowest BCUT2D eigenvalue weighted by atomic mass is 10.0. The third kappa shape index (κ3) is 3.55. The highest BCUT2D eigenvalue weighted by Gasteiger charge is 2.31. The zero-order valence-corrected chi connectivity index (χ0v) is 12.9. The van der Waals surface area contributed by atoms with Crippen molar-refractivity contribution in [1.82, 2.24) is 0 Å². The minimum absolute atomic E-state index is 0.312. The van der Waals surface area contributed by atoms with E-state index in [9.17, 15) is 13.2 Å². The predicted octanol–water partition coefficient (Wildman–Crippen LogP) is 6.28. The SMILES string of the molecule is FC(F)(F)c1cc(I)cc(-c2ccc(Cl)c(Cl)c2)c1. The van der Waals surface area contributed by atoms with Gasteiger partial charge in [0, 0.05) is 3.57 Å². The predicted molar refractivity (Wildman–Crippen MR) is 79.6 cm³/mol. The van der Waals surface area contributed by atoms with Crippen LogP contribution in [-0.4, -0.2) is 0 Å². The average molecular weight is 417 g/mol. The fourth-order valence-corrected chi connectivity index (χ4v) is 2.56. The Morgan fingerprint density at radius 1 is 0.842 bits per heavy atom. The highest BCUT2D eigenvalue weighted by atomic mass is 127. The minimum Gasteiger partial charge on any atom is -0.166 e. The van der Waals surface area contributed by atoms with Gasteiger partial charge in [-0.1, -0.05) is 29.3 Å². The van der Waals surface area contributed by atoms with Gasteiger partial charge in [-0.2, -0.15) is 13.2 Å². The van der Waals surface area contributed by atoms with Crippen LogP contribution in [0.25, 0.3) is 11.1 Å². The number of hydrogen-bond donors (Lipinski definition) is 0. The topological polar surface area (TPSA) is 0 Å². The molecule has 100 valence electrons. The zero-order valence-electron chi connectivity index (χ0n) is 9.23. The van der Waals surface area contributed by atoms with Crippen LogP contribution in [0.15, 0.2) is 36.4 Å². The number of halogens is 6. The summed E-state index contributed by atoms with van der Waals surface area (Å²) in [7, 11) is 0. The molecule has 2 rings (SSSR count). The monoisotopic (exact) mass is 416 g/mol. The zero-order chi connectivity index (χ0) is 14.2. The first-order chi connectivity index (χ1) is 8.77. The number of benzene rings is 2. The Labute approximate surface area is 131 Å². The normalized spacial score (nSPS) is 11.7. The second kappa shape index (κ2) is 5.50. The Hall–Kier alpha value is -0.460. The smallest absolute Gasteiger partial charge is 0.166 e. The minimum atomic E-state index is -4.37. The van der Waals surface area contributed by atoms with Crippen LogP contribution >= 0.6 is 45.8 Å². The molecule has 0 aliphatic carbocycles. The molecule has 0 bridgehead atoms. The molecule has 0 amide bonds. The molecule has 0 nitrogen and oxygen atoms in total. The van der Waals surface area contributed by atoms with Gasteiger partial charge in [-0.3, -0.25) is 0 Å². The maximum Gasteiger partial charge on any atom is 0.416 e. The molecule has 0 spiro atoms. The summed E-state index contributed by atoms with van der Waals surface area (Å²) in [6.45, 7) is 0. The van der Waals surface area contributed by atoms with Crippen LogP contribution in [0.1, 0.15) is 5.56 Å². The summed E-state index contributed by atoms with van der Waals surface area (Å²) in [5, 5.41) is 0.679. The van der Waals surface area contributed by atoms with E-state index in [-0.39, 0.29) is 0 Å². The summed E-state index contributed by atoms with van der Waals surface area (Å²) < 4.78 is 38.8. The largest absolute Gasteiger partial charge is 0.416 e. The molecule has 2 aromatic rings. The Balaban J connectivity index is 2.56. The molecule has 6 heteroatoms. The van der Waals surface area contributed by atoms with Crippen molar-refractivity contribution in [3.05, 3.63) is 55.6 Å². The van der Waals surface area contributed by atoms with E-state index in [1.165, 1.54) is 0 Å². The van der Waals surface area contributed by atoms with Crippen molar-refractivity contribution in [2.75, 3.05) is 0 Å². The molecule has 0 unspecified atom stereocenters. The number of rotatable bonds is 1. The first kappa shape index (κ1) is 14.9. The van der Waals surface area contributed by atoms with E-state index in [0.717, 1.165) is 12.1 Å². The van der Waals surface area contributed by atoms with E-state index >= 15 is 0 Å². The van der Waals surface area contributed by atoms with Gasteiger partial charge in [0.1, 0.15) is 0 Å². The van der Waals surface area contributed by atoms with Gasteiger partial charge in [0.2, 0.25) is 0 Å². The molecular weight excluding hydrogens is 411 g/mol. The quantitative estimate of drug-likeness (QED) is 0.479. The summed E-state index contributed by atoms with van der Waals surface area (Å²) in [5.74, 6) is 0. The Morgan fingerprint density at radius 3 is 2.11 bits per heavy atom. The summed E-state index contributed by atoms with van der Waals surface area (Å²) in [6, 6.07) is 8.61. The molecule has 0 N–H and O–H groups in total. The third-order valence-corrected chi connectivity index (χ3v) is 3.84. The molecule has 0 saturated carbocycles. The average Bonchev–Trinajstić information content (AvgIpc) is 2.31. The maximum atomic E-state index is 12.8. The van der Waals surface area contributed by atoms with Gasteiger partial charge in [-0.05, 0) is 64.0 Å². The lowest BCUT2D eigenvalue weighted by Crippen LogP contribution is -2.05. The molecule has 0 saturated heterocycles. The molecule has 0 radical (unpaired) electrons. The van der Waals surface area contributed by atoms with Crippen molar-refractivity contribution < 1.29 is 13.2 Å². The fourth-order valence-electron chi connectivity index (χ4n) is 1.60. The Morgan fingerprint density at radius 2 is 1.53 bits per heavy atom. The highest BCUT2D eigenvalue weighted by molar-refractivity contribution is 14.1. The van der Waals surface area contributed by atoms with Crippen molar-refractivity contribution in [2.24, 2.45) is 0 Å². The standard InChI is InChI=1S/C13H6Cl2F3I/c14-11-2-1-7(5-12(11)15)8-3-9(13(16,17)18)6-10(19)4-8/h1-6H. The van der Waals surface area contributed by atoms with E-state index in [2.05, 4.69) is 0 Å². The number of hydrogen-bond acceptors (Lipinski definition) is 0. The second-order valence-corrected chi connectivity index (χ2v) is 5.92. The van der Waals surface area contributed by atoms with Crippen LogP contribution in [0.2, 0.25) is 10.0 Å². The van der Waals surface area contributed by atoms with E-state index < -0.39 is 11.7 Å².